The first-order valence-corrected chi connectivity index (χ1v) is 9.80. The molecule has 0 saturated carbocycles. The van der Waals surface area contributed by atoms with Crippen molar-refractivity contribution in [3.8, 4) is 0 Å². The number of halogens is 1. The highest BCUT2D eigenvalue weighted by molar-refractivity contribution is 5.81. The van der Waals surface area contributed by atoms with Crippen molar-refractivity contribution in [2.24, 2.45) is 13.0 Å². The van der Waals surface area contributed by atoms with E-state index in [9.17, 15) is 9.18 Å². The zero-order chi connectivity index (χ0) is 19.5. The van der Waals surface area contributed by atoms with Crippen molar-refractivity contribution < 1.29 is 9.18 Å². The lowest BCUT2D eigenvalue weighted by Gasteiger charge is -2.32. The van der Waals surface area contributed by atoms with E-state index >= 15 is 0 Å². The normalized spacial score (nSPS) is 17.1. The Bertz CT molecular complexity index is 966. The van der Waals surface area contributed by atoms with Crippen LogP contribution in [-0.2, 0) is 18.3 Å². The smallest absolute Gasteiger partial charge is 0.224 e. The molecule has 2 aromatic carbocycles. The van der Waals surface area contributed by atoms with Crippen LogP contribution in [-0.4, -0.2) is 35.1 Å². The van der Waals surface area contributed by atoms with Crippen LogP contribution in [0.3, 0.4) is 0 Å². The minimum absolute atomic E-state index is 0.0400. The van der Waals surface area contributed by atoms with Gasteiger partial charge in [-0.2, -0.15) is 0 Å². The topological polar surface area (TPSA) is 50.2 Å². The molecule has 3 aromatic rings. The monoisotopic (exact) mass is 380 g/mol. The number of amides is 1. The van der Waals surface area contributed by atoms with Crippen LogP contribution in [0.2, 0.25) is 0 Å². The molecule has 1 amide bonds. The lowest BCUT2D eigenvalue weighted by atomic mass is 9.97. The fourth-order valence-electron chi connectivity index (χ4n) is 3.91. The van der Waals surface area contributed by atoms with Gasteiger partial charge < -0.3 is 14.8 Å². The van der Waals surface area contributed by atoms with E-state index in [2.05, 4.69) is 20.9 Å². The van der Waals surface area contributed by atoms with Gasteiger partial charge in [0.2, 0.25) is 11.9 Å². The van der Waals surface area contributed by atoms with Gasteiger partial charge in [-0.1, -0.05) is 24.3 Å². The quantitative estimate of drug-likeness (QED) is 0.739. The van der Waals surface area contributed by atoms with Gasteiger partial charge >= 0.3 is 0 Å². The molecule has 1 atom stereocenters. The van der Waals surface area contributed by atoms with E-state index in [1.54, 1.807) is 12.1 Å². The Hall–Kier alpha value is -2.89. The number of piperidine rings is 1. The third-order valence-corrected chi connectivity index (χ3v) is 5.46. The average molecular weight is 380 g/mol. The Morgan fingerprint density at radius 1 is 1.21 bits per heavy atom. The maximum Gasteiger partial charge on any atom is 0.224 e. The lowest BCUT2D eigenvalue weighted by molar-refractivity contribution is -0.125. The number of imidazole rings is 1. The second-order valence-electron chi connectivity index (χ2n) is 7.41. The van der Waals surface area contributed by atoms with Gasteiger partial charge in [-0.05, 0) is 49.1 Å². The number of hydrogen-bond acceptors (Lipinski definition) is 3. The van der Waals surface area contributed by atoms with Gasteiger partial charge in [0.25, 0.3) is 0 Å². The number of aromatic nitrogens is 2. The number of carbonyl (C=O) groups excluding carboxylic acids is 1. The highest BCUT2D eigenvalue weighted by Gasteiger charge is 2.28. The summed E-state index contributed by atoms with van der Waals surface area (Å²) < 4.78 is 15.1. The molecule has 0 bridgehead atoms. The largest absolute Gasteiger partial charge is 0.355 e. The Balaban J connectivity index is 1.36. The molecule has 1 aliphatic rings. The zero-order valence-corrected chi connectivity index (χ0v) is 16.1. The number of carbonyl (C=O) groups is 1. The summed E-state index contributed by atoms with van der Waals surface area (Å²) >= 11 is 0. The highest BCUT2D eigenvalue weighted by Crippen LogP contribution is 2.26. The minimum Gasteiger partial charge on any atom is -0.355 e. The molecule has 5 nitrogen and oxygen atoms in total. The van der Waals surface area contributed by atoms with Gasteiger partial charge in [0.15, 0.2) is 0 Å². The number of para-hydroxylation sites is 2. The maximum absolute atomic E-state index is 13.0. The molecular formula is C22H25FN4O. The van der Waals surface area contributed by atoms with Gasteiger partial charge in [0, 0.05) is 26.7 Å². The predicted molar refractivity (Wildman–Crippen MR) is 109 cm³/mol. The third kappa shape index (κ3) is 3.86. The molecule has 0 aliphatic carbocycles. The molecular weight excluding hydrogens is 355 g/mol. The standard InChI is InChI=1S/C22H25FN4O/c1-26-20-7-3-2-6-19(20)25-22(26)27-14-4-5-17(15-27)21(28)24-13-12-16-8-10-18(23)11-9-16/h2-3,6-11,17H,4-5,12-15H2,1H3,(H,24,28)/t17-/m0/s1. The second-order valence-corrected chi connectivity index (χ2v) is 7.41. The fraction of sp³-hybridized carbons (Fsp3) is 0.364. The van der Waals surface area contributed by atoms with Crippen molar-refractivity contribution in [3.63, 3.8) is 0 Å². The number of nitrogens with one attached hydrogen (secondary N) is 1. The zero-order valence-electron chi connectivity index (χ0n) is 16.1. The van der Waals surface area contributed by atoms with Crippen LogP contribution in [0, 0.1) is 11.7 Å². The number of fused-ring (bicyclic) bond motifs is 1. The molecule has 0 unspecified atom stereocenters. The summed E-state index contributed by atoms with van der Waals surface area (Å²) in [6.07, 6.45) is 2.56. The number of anilines is 1. The first kappa shape index (κ1) is 18.5. The van der Waals surface area contributed by atoms with Crippen LogP contribution in [0.4, 0.5) is 10.3 Å². The van der Waals surface area contributed by atoms with Crippen LogP contribution in [0.5, 0.6) is 0 Å². The van der Waals surface area contributed by atoms with E-state index < -0.39 is 0 Å². The second kappa shape index (κ2) is 8.00. The molecule has 1 aliphatic heterocycles. The van der Waals surface area contributed by atoms with Crippen molar-refractivity contribution >= 4 is 22.9 Å². The van der Waals surface area contributed by atoms with Crippen LogP contribution < -0.4 is 10.2 Å². The van der Waals surface area contributed by atoms with Gasteiger partial charge in [-0.25, -0.2) is 9.37 Å². The first-order valence-electron chi connectivity index (χ1n) is 9.80. The van der Waals surface area contributed by atoms with E-state index in [0.717, 1.165) is 41.9 Å². The summed E-state index contributed by atoms with van der Waals surface area (Å²) in [5, 5.41) is 3.04. The molecule has 6 heteroatoms. The van der Waals surface area contributed by atoms with Gasteiger partial charge in [0.05, 0.1) is 17.0 Å². The molecule has 28 heavy (non-hydrogen) atoms. The highest BCUT2D eigenvalue weighted by atomic mass is 19.1. The Labute approximate surface area is 164 Å². The molecule has 0 radical (unpaired) electrons. The molecule has 1 fully saturated rings. The van der Waals surface area contributed by atoms with E-state index in [0.29, 0.717) is 19.5 Å². The predicted octanol–water partition coefficient (Wildman–Crippen LogP) is 3.29. The molecule has 4 rings (SSSR count). The number of nitrogens with zero attached hydrogens (tertiary/aromatic N) is 3. The summed E-state index contributed by atoms with van der Waals surface area (Å²) in [7, 11) is 2.02. The van der Waals surface area contributed by atoms with E-state index in [1.165, 1.54) is 12.1 Å². The van der Waals surface area contributed by atoms with Crippen LogP contribution >= 0.6 is 0 Å². The van der Waals surface area contributed by atoms with Crippen LogP contribution in [0.1, 0.15) is 18.4 Å². The van der Waals surface area contributed by atoms with Gasteiger partial charge in [0.1, 0.15) is 5.82 Å². The summed E-state index contributed by atoms with van der Waals surface area (Å²) in [4.78, 5) is 19.6. The number of hydrogen-bond donors (Lipinski definition) is 1. The third-order valence-electron chi connectivity index (χ3n) is 5.46. The summed E-state index contributed by atoms with van der Waals surface area (Å²) in [5.41, 5.74) is 3.10. The molecule has 1 saturated heterocycles. The molecule has 1 N–H and O–H groups in total. The van der Waals surface area contributed by atoms with E-state index in [4.69, 9.17) is 4.98 Å². The van der Waals surface area contributed by atoms with Crippen molar-refractivity contribution in [1.29, 1.82) is 0 Å². The fourth-order valence-corrected chi connectivity index (χ4v) is 3.91. The van der Waals surface area contributed by atoms with Crippen molar-refractivity contribution in [1.82, 2.24) is 14.9 Å². The van der Waals surface area contributed by atoms with E-state index in [1.807, 2.05) is 25.2 Å². The number of rotatable bonds is 5. The SMILES string of the molecule is Cn1c(N2CCC[C@H](C(=O)NCCc3ccc(F)cc3)C2)nc2ccccc21. The maximum atomic E-state index is 13.0. The number of aryl methyl sites for hydroxylation is 1. The summed E-state index contributed by atoms with van der Waals surface area (Å²) in [5.74, 6) is 0.731. The van der Waals surface area contributed by atoms with Gasteiger partial charge in [-0.15, -0.1) is 0 Å². The first-order chi connectivity index (χ1) is 13.6. The van der Waals surface area contributed by atoms with Crippen molar-refractivity contribution in [3.05, 3.63) is 59.9 Å². The lowest BCUT2D eigenvalue weighted by Crippen LogP contribution is -2.44. The van der Waals surface area contributed by atoms with Crippen LogP contribution in [0.25, 0.3) is 11.0 Å². The van der Waals surface area contributed by atoms with Gasteiger partial charge in [-0.3, -0.25) is 4.79 Å². The minimum atomic E-state index is -0.239. The van der Waals surface area contributed by atoms with E-state index in [-0.39, 0.29) is 17.6 Å². The Morgan fingerprint density at radius 2 is 2.00 bits per heavy atom. The Morgan fingerprint density at radius 3 is 2.79 bits per heavy atom. The van der Waals surface area contributed by atoms with Crippen LogP contribution in [0.15, 0.2) is 48.5 Å². The molecule has 0 spiro atoms. The molecule has 1 aromatic heterocycles. The molecule has 2 heterocycles. The van der Waals surface area contributed by atoms with Crippen molar-refractivity contribution in [2.75, 3.05) is 24.5 Å². The number of benzene rings is 2. The molecule has 146 valence electrons. The average Bonchev–Trinajstić information content (AvgIpc) is 3.06. The summed E-state index contributed by atoms with van der Waals surface area (Å²) in [6, 6.07) is 14.5. The van der Waals surface area contributed by atoms with Crippen molar-refractivity contribution in [2.45, 2.75) is 19.3 Å². The summed E-state index contributed by atoms with van der Waals surface area (Å²) in [6.45, 7) is 2.16. The Kier molecular flexibility index (Phi) is 5.28.